The molecule has 2 N–H and O–H groups in total. The lowest BCUT2D eigenvalue weighted by Crippen LogP contribution is -1.92. The van der Waals surface area contributed by atoms with E-state index in [0.717, 1.165) is 18.5 Å². The molecule has 0 fully saturated rings. The van der Waals surface area contributed by atoms with E-state index in [-0.39, 0.29) is 0 Å². The fraction of sp³-hybridized carbons (Fsp3) is 0.231. The van der Waals surface area contributed by atoms with Gasteiger partial charge in [-0.05, 0) is 35.8 Å². The molecule has 2 heteroatoms. The Morgan fingerprint density at radius 3 is 2.47 bits per heavy atom. The maximum absolute atomic E-state index is 5.83. The number of thiophene rings is 1. The normalized spacial score (nSPS) is 10.4. The van der Waals surface area contributed by atoms with E-state index in [4.69, 9.17) is 5.73 Å². The van der Waals surface area contributed by atoms with Gasteiger partial charge in [0.2, 0.25) is 0 Å². The molecule has 0 saturated carbocycles. The Bertz CT molecular complexity index is 405. The molecule has 1 aromatic heterocycles. The number of hydrogen-bond donors (Lipinski definition) is 1. The number of rotatable bonds is 4. The van der Waals surface area contributed by atoms with Crippen molar-refractivity contribution in [1.82, 2.24) is 0 Å². The Balaban J connectivity index is 1.83. The maximum atomic E-state index is 5.83. The summed E-state index contributed by atoms with van der Waals surface area (Å²) >= 11 is 1.69. The van der Waals surface area contributed by atoms with Gasteiger partial charge in [0.05, 0.1) is 0 Å². The van der Waals surface area contributed by atoms with Crippen molar-refractivity contribution in [3.8, 4) is 0 Å². The largest absolute Gasteiger partial charge is 0.398 e. The minimum absolute atomic E-state index is 0.952. The number of hydrogen-bond acceptors (Lipinski definition) is 2. The third-order valence-electron chi connectivity index (χ3n) is 2.53. The van der Waals surface area contributed by atoms with E-state index in [0.29, 0.717) is 0 Å². The highest BCUT2D eigenvalue weighted by Crippen LogP contribution is 2.19. The Hall–Kier alpha value is -1.28. The van der Waals surface area contributed by atoms with Crippen LogP contribution < -0.4 is 5.73 Å². The number of anilines is 1. The van der Waals surface area contributed by atoms with Gasteiger partial charge in [0, 0.05) is 11.1 Å². The third-order valence-corrected chi connectivity index (χ3v) is 3.34. The van der Waals surface area contributed by atoms with Crippen molar-refractivity contribution in [1.29, 1.82) is 0 Å². The summed E-state index contributed by atoms with van der Waals surface area (Å²) in [6.45, 7) is 0. The second-order valence-corrected chi connectivity index (χ2v) is 4.44. The van der Waals surface area contributed by atoms with E-state index >= 15 is 0 Å². The number of nitrogens with two attached hydrogens (primary N) is 1. The molecule has 2 rings (SSSR count). The molecule has 0 aliphatic heterocycles. The van der Waals surface area contributed by atoms with Crippen LogP contribution in [-0.2, 0) is 12.8 Å². The quantitative estimate of drug-likeness (QED) is 0.833. The summed E-state index contributed by atoms with van der Waals surface area (Å²) in [5.74, 6) is 0. The summed E-state index contributed by atoms with van der Waals surface area (Å²) in [7, 11) is 0. The Morgan fingerprint density at radius 1 is 1.00 bits per heavy atom. The Labute approximate surface area is 94.6 Å². The Kier molecular flexibility index (Phi) is 3.41. The second-order valence-electron chi connectivity index (χ2n) is 3.69. The van der Waals surface area contributed by atoms with E-state index in [9.17, 15) is 0 Å². The van der Waals surface area contributed by atoms with Crippen molar-refractivity contribution in [2.75, 3.05) is 5.73 Å². The van der Waals surface area contributed by atoms with E-state index in [1.54, 1.807) is 11.3 Å². The lowest BCUT2D eigenvalue weighted by Gasteiger charge is -2.01. The summed E-state index contributed by atoms with van der Waals surface area (Å²) in [5.41, 5.74) is 9.49. The van der Waals surface area contributed by atoms with Gasteiger partial charge in [-0.1, -0.05) is 30.3 Å². The molecule has 0 spiro atoms. The molecular weight excluding hydrogens is 202 g/mol. The summed E-state index contributed by atoms with van der Waals surface area (Å²) in [6, 6.07) is 10.6. The highest BCUT2D eigenvalue weighted by Gasteiger charge is 1.99. The molecule has 0 saturated heterocycles. The summed E-state index contributed by atoms with van der Waals surface area (Å²) in [4.78, 5) is 0. The molecule has 0 aliphatic rings. The van der Waals surface area contributed by atoms with Crippen molar-refractivity contribution in [3.63, 3.8) is 0 Å². The zero-order chi connectivity index (χ0) is 10.5. The van der Waals surface area contributed by atoms with Crippen molar-refractivity contribution >= 4 is 17.0 Å². The van der Waals surface area contributed by atoms with Gasteiger partial charge in [0.1, 0.15) is 0 Å². The van der Waals surface area contributed by atoms with Crippen LogP contribution in [-0.4, -0.2) is 0 Å². The van der Waals surface area contributed by atoms with Gasteiger partial charge in [-0.3, -0.25) is 0 Å². The van der Waals surface area contributed by atoms with Crippen LogP contribution in [0.4, 0.5) is 5.69 Å². The summed E-state index contributed by atoms with van der Waals surface area (Å²) in [5, 5.41) is 4.16. The predicted molar refractivity (Wildman–Crippen MR) is 67.2 cm³/mol. The first-order chi connectivity index (χ1) is 7.36. The number of aryl methyl sites for hydroxylation is 2. The van der Waals surface area contributed by atoms with Gasteiger partial charge in [0.25, 0.3) is 0 Å². The topological polar surface area (TPSA) is 26.0 Å². The zero-order valence-electron chi connectivity index (χ0n) is 8.65. The first-order valence-electron chi connectivity index (χ1n) is 5.21. The second kappa shape index (κ2) is 4.99. The van der Waals surface area contributed by atoms with E-state index < -0.39 is 0 Å². The molecule has 1 aromatic carbocycles. The van der Waals surface area contributed by atoms with E-state index in [1.807, 2.05) is 5.38 Å². The molecule has 78 valence electrons. The molecule has 1 nitrogen and oxygen atoms in total. The molecule has 0 unspecified atom stereocenters. The molecule has 0 bridgehead atoms. The van der Waals surface area contributed by atoms with Crippen LogP contribution in [0.3, 0.4) is 0 Å². The highest BCUT2D eigenvalue weighted by atomic mass is 32.1. The summed E-state index contributed by atoms with van der Waals surface area (Å²) in [6.07, 6.45) is 3.39. The standard InChI is InChI=1S/C13H15NS/c14-13-10-15-9-12(13)8-4-7-11-5-2-1-3-6-11/h1-3,5-6,9-10H,4,7-8,14H2. The molecule has 1 heterocycles. The van der Waals surface area contributed by atoms with Crippen LogP contribution in [0.5, 0.6) is 0 Å². The average molecular weight is 217 g/mol. The van der Waals surface area contributed by atoms with Crippen LogP contribution in [0.15, 0.2) is 41.1 Å². The number of benzene rings is 1. The van der Waals surface area contributed by atoms with Gasteiger partial charge in [-0.15, -0.1) is 11.3 Å². The smallest absolute Gasteiger partial charge is 0.0455 e. The van der Waals surface area contributed by atoms with Gasteiger partial charge in [0.15, 0.2) is 0 Å². The maximum Gasteiger partial charge on any atom is 0.0455 e. The minimum Gasteiger partial charge on any atom is -0.398 e. The van der Waals surface area contributed by atoms with Crippen LogP contribution in [0.1, 0.15) is 17.5 Å². The Morgan fingerprint density at radius 2 is 1.80 bits per heavy atom. The van der Waals surface area contributed by atoms with Gasteiger partial charge in [-0.2, -0.15) is 0 Å². The molecule has 0 amide bonds. The SMILES string of the molecule is Nc1cscc1CCCc1ccccc1. The van der Waals surface area contributed by atoms with Crippen molar-refractivity contribution < 1.29 is 0 Å². The molecule has 15 heavy (non-hydrogen) atoms. The summed E-state index contributed by atoms with van der Waals surface area (Å²) < 4.78 is 0. The molecule has 2 aromatic rings. The van der Waals surface area contributed by atoms with Crippen molar-refractivity contribution in [2.24, 2.45) is 0 Å². The van der Waals surface area contributed by atoms with Crippen LogP contribution in [0.25, 0.3) is 0 Å². The minimum atomic E-state index is 0.952. The predicted octanol–water partition coefficient (Wildman–Crippen LogP) is 3.51. The first kappa shape index (κ1) is 10.2. The highest BCUT2D eigenvalue weighted by molar-refractivity contribution is 7.08. The molecule has 0 atom stereocenters. The third kappa shape index (κ3) is 2.83. The van der Waals surface area contributed by atoms with Crippen LogP contribution in [0, 0.1) is 0 Å². The van der Waals surface area contributed by atoms with Crippen LogP contribution in [0.2, 0.25) is 0 Å². The monoisotopic (exact) mass is 217 g/mol. The van der Waals surface area contributed by atoms with Crippen LogP contribution >= 0.6 is 11.3 Å². The van der Waals surface area contributed by atoms with E-state index in [1.165, 1.54) is 17.5 Å². The molecule has 0 radical (unpaired) electrons. The first-order valence-corrected chi connectivity index (χ1v) is 6.15. The van der Waals surface area contributed by atoms with Gasteiger partial charge < -0.3 is 5.73 Å². The lowest BCUT2D eigenvalue weighted by molar-refractivity contribution is 0.824. The van der Waals surface area contributed by atoms with E-state index in [2.05, 4.69) is 35.7 Å². The fourth-order valence-corrected chi connectivity index (χ4v) is 2.45. The fourth-order valence-electron chi connectivity index (χ4n) is 1.66. The molecular formula is C13H15NS. The van der Waals surface area contributed by atoms with Crippen molar-refractivity contribution in [3.05, 3.63) is 52.2 Å². The zero-order valence-corrected chi connectivity index (χ0v) is 9.46. The lowest BCUT2D eigenvalue weighted by atomic mass is 10.1. The van der Waals surface area contributed by atoms with Gasteiger partial charge >= 0.3 is 0 Å². The van der Waals surface area contributed by atoms with Crippen molar-refractivity contribution in [2.45, 2.75) is 19.3 Å². The molecule has 0 aliphatic carbocycles. The number of nitrogen functional groups attached to an aromatic ring is 1. The average Bonchev–Trinajstić information content (AvgIpc) is 2.66. The van der Waals surface area contributed by atoms with Gasteiger partial charge in [-0.25, -0.2) is 0 Å².